The zero-order valence-electron chi connectivity index (χ0n) is 14.7. The van der Waals surface area contributed by atoms with Crippen molar-refractivity contribution in [3.05, 3.63) is 23.8 Å². The quantitative estimate of drug-likeness (QED) is 0.777. The summed E-state index contributed by atoms with van der Waals surface area (Å²) >= 11 is 1.81. The lowest BCUT2D eigenvalue weighted by Crippen LogP contribution is -2.37. The van der Waals surface area contributed by atoms with Gasteiger partial charge in [-0.2, -0.15) is 0 Å². The predicted octanol–water partition coefficient (Wildman–Crippen LogP) is 3.37. The SMILES string of the molecule is CC(C)(C)OC(=O)N1CCSc2ccc(N3CCOCC3)cc2C1. The number of nitrogens with zero attached hydrogens (tertiary/aromatic N) is 2. The molecule has 2 aliphatic rings. The Labute approximate surface area is 148 Å². The molecule has 0 N–H and O–H groups in total. The molecule has 0 bridgehead atoms. The van der Waals surface area contributed by atoms with Gasteiger partial charge in [0.05, 0.1) is 19.8 Å². The van der Waals surface area contributed by atoms with Crippen LogP contribution in [0.2, 0.25) is 0 Å². The molecule has 5 nitrogen and oxygen atoms in total. The highest BCUT2D eigenvalue weighted by Gasteiger charge is 2.25. The highest BCUT2D eigenvalue weighted by atomic mass is 32.2. The van der Waals surface area contributed by atoms with E-state index in [9.17, 15) is 4.79 Å². The topological polar surface area (TPSA) is 42.0 Å². The number of thioether (sulfide) groups is 1. The van der Waals surface area contributed by atoms with E-state index in [1.54, 1.807) is 0 Å². The van der Waals surface area contributed by atoms with Gasteiger partial charge in [0.2, 0.25) is 0 Å². The van der Waals surface area contributed by atoms with Crippen molar-refractivity contribution < 1.29 is 14.3 Å². The molecule has 6 heteroatoms. The molecule has 1 saturated heterocycles. The molecule has 132 valence electrons. The van der Waals surface area contributed by atoms with E-state index in [0.717, 1.165) is 32.1 Å². The lowest BCUT2D eigenvalue weighted by atomic mass is 10.1. The first-order valence-corrected chi connectivity index (χ1v) is 9.47. The minimum absolute atomic E-state index is 0.229. The smallest absolute Gasteiger partial charge is 0.410 e. The van der Waals surface area contributed by atoms with Crippen molar-refractivity contribution in [3.63, 3.8) is 0 Å². The fourth-order valence-corrected chi connectivity index (χ4v) is 3.89. The molecule has 0 atom stereocenters. The van der Waals surface area contributed by atoms with Gasteiger partial charge in [-0.15, -0.1) is 11.8 Å². The molecule has 2 aliphatic heterocycles. The number of carbonyl (C=O) groups excluding carboxylic acids is 1. The first kappa shape index (κ1) is 17.4. The lowest BCUT2D eigenvalue weighted by molar-refractivity contribution is 0.0247. The normalized spacial score (nSPS) is 18.8. The molecule has 1 amide bonds. The summed E-state index contributed by atoms with van der Waals surface area (Å²) in [5, 5.41) is 0. The first-order valence-electron chi connectivity index (χ1n) is 8.49. The van der Waals surface area contributed by atoms with Crippen LogP contribution in [0.25, 0.3) is 0 Å². The molecular formula is C18H26N2O3S. The molecule has 3 rings (SSSR count). The zero-order chi connectivity index (χ0) is 17.2. The van der Waals surface area contributed by atoms with Crippen LogP contribution in [-0.4, -0.2) is 55.2 Å². The van der Waals surface area contributed by atoms with Crippen LogP contribution in [-0.2, 0) is 16.0 Å². The van der Waals surface area contributed by atoms with Crippen LogP contribution < -0.4 is 4.90 Å². The Morgan fingerprint density at radius 3 is 2.67 bits per heavy atom. The molecule has 0 aliphatic carbocycles. The maximum Gasteiger partial charge on any atom is 0.410 e. The summed E-state index contributed by atoms with van der Waals surface area (Å²) in [6.07, 6.45) is -0.229. The summed E-state index contributed by atoms with van der Waals surface area (Å²) in [6, 6.07) is 6.58. The molecule has 1 fully saturated rings. The summed E-state index contributed by atoms with van der Waals surface area (Å²) in [4.78, 5) is 17.8. The number of amides is 1. The molecule has 24 heavy (non-hydrogen) atoms. The number of ether oxygens (including phenoxy) is 2. The molecule has 0 saturated carbocycles. The Morgan fingerprint density at radius 1 is 1.21 bits per heavy atom. The van der Waals surface area contributed by atoms with Crippen molar-refractivity contribution in [3.8, 4) is 0 Å². The van der Waals surface area contributed by atoms with Crippen molar-refractivity contribution >= 4 is 23.5 Å². The molecule has 1 aromatic rings. The van der Waals surface area contributed by atoms with Gasteiger partial charge < -0.3 is 19.3 Å². The van der Waals surface area contributed by atoms with Crippen molar-refractivity contribution in [2.24, 2.45) is 0 Å². The molecule has 2 heterocycles. The second kappa shape index (κ2) is 7.23. The number of morpholine rings is 1. The number of benzene rings is 1. The second-order valence-corrected chi connectivity index (χ2v) is 8.28. The Balaban J connectivity index is 1.77. The van der Waals surface area contributed by atoms with Gasteiger partial charge in [-0.05, 0) is 44.5 Å². The van der Waals surface area contributed by atoms with Crippen molar-refractivity contribution in [2.45, 2.75) is 37.8 Å². The van der Waals surface area contributed by atoms with Gasteiger partial charge in [0, 0.05) is 36.0 Å². The van der Waals surface area contributed by atoms with Crippen molar-refractivity contribution in [1.82, 2.24) is 4.90 Å². The van der Waals surface area contributed by atoms with Crippen LogP contribution in [0.3, 0.4) is 0 Å². The summed E-state index contributed by atoms with van der Waals surface area (Å²) in [5.74, 6) is 0.892. The van der Waals surface area contributed by atoms with Gasteiger partial charge in [-0.3, -0.25) is 0 Å². The van der Waals surface area contributed by atoms with E-state index in [-0.39, 0.29) is 6.09 Å². The number of anilines is 1. The van der Waals surface area contributed by atoms with Crippen LogP contribution in [0.5, 0.6) is 0 Å². The monoisotopic (exact) mass is 350 g/mol. The van der Waals surface area contributed by atoms with Crippen LogP contribution in [0.15, 0.2) is 23.1 Å². The minimum atomic E-state index is -0.463. The highest BCUT2D eigenvalue weighted by Crippen LogP contribution is 2.31. The Morgan fingerprint density at radius 2 is 1.96 bits per heavy atom. The fourth-order valence-electron chi connectivity index (χ4n) is 2.88. The molecule has 0 spiro atoms. The number of rotatable bonds is 1. The third-order valence-corrected chi connectivity index (χ3v) is 5.15. The molecule has 0 radical (unpaired) electrons. The maximum atomic E-state index is 12.4. The average Bonchev–Trinajstić information content (AvgIpc) is 2.75. The fraction of sp³-hybridized carbons (Fsp3) is 0.611. The van der Waals surface area contributed by atoms with E-state index >= 15 is 0 Å². The Bertz CT molecular complexity index is 594. The molecular weight excluding hydrogens is 324 g/mol. The maximum absolute atomic E-state index is 12.4. The predicted molar refractivity (Wildman–Crippen MR) is 96.8 cm³/mol. The number of hydrogen-bond donors (Lipinski definition) is 0. The highest BCUT2D eigenvalue weighted by molar-refractivity contribution is 7.99. The van der Waals surface area contributed by atoms with Crippen LogP contribution in [0.4, 0.5) is 10.5 Å². The minimum Gasteiger partial charge on any atom is -0.444 e. The van der Waals surface area contributed by atoms with Crippen LogP contribution in [0.1, 0.15) is 26.3 Å². The van der Waals surface area contributed by atoms with E-state index in [1.165, 1.54) is 16.1 Å². The summed E-state index contributed by atoms with van der Waals surface area (Å²) in [5.41, 5.74) is 1.95. The summed E-state index contributed by atoms with van der Waals surface area (Å²) < 4.78 is 11.0. The van der Waals surface area contributed by atoms with E-state index < -0.39 is 5.60 Å². The first-order chi connectivity index (χ1) is 11.4. The second-order valence-electron chi connectivity index (χ2n) is 7.14. The van der Waals surface area contributed by atoms with Gasteiger partial charge in [0.1, 0.15) is 5.60 Å². The zero-order valence-corrected chi connectivity index (χ0v) is 15.5. The summed E-state index contributed by atoms with van der Waals surface area (Å²) in [7, 11) is 0. The van der Waals surface area contributed by atoms with E-state index in [0.29, 0.717) is 13.1 Å². The largest absolute Gasteiger partial charge is 0.444 e. The standard InChI is InChI=1S/C18H26N2O3S/c1-18(2,3)23-17(21)20-8-11-24-16-5-4-15(12-14(16)13-20)19-6-9-22-10-7-19/h4-5,12H,6-11,13H2,1-3H3. The van der Waals surface area contributed by atoms with E-state index in [2.05, 4.69) is 23.1 Å². The number of fused-ring (bicyclic) bond motifs is 1. The van der Waals surface area contributed by atoms with Gasteiger partial charge in [0.25, 0.3) is 0 Å². The number of hydrogen-bond acceptors (Lipinski definition) is 5. The van der Waals surface area contributed by atoms with Gasteiger partial charge in [-0.25, -0.2) is 4.79 Å². The number of carbonyl (C=O) groups is 1. The Hall–Kier alpha value is -1.40. The third kappa shape index (κ3) is 4.36. The molecule has 0 aromatic heterocycles. The Kier molecular flexibility index (Phi) is 5.25. The van der Waals surface area contributed by atoms with E-state index in [4.69, 9.17) is 9.47 Å². The van der Waals surface area contributed by atoms with Gasteiger partial charge >= 0.3 is 6.09 Å². The summed E-state index contributed by atoms with van der Waals surface area (Å²) in [6.45, 7) is 10.4. The third-order valence-electron chi connectivity index (χ3n) is 4.05. The van der Waals surface area contributed by atoms with Crippen LogP contribution >= 0.6 is 11.8 Å². The van der Waals surface area contributed by atoms with Crippen molar-refractivity contribution in [2.75, 3.05) is 43.5 Å². The van der Waals surface area contributed by atoms with Crippen molar-refractivity contribution in [1.29, 1.82) is 0 Å². The molecule has 0 unspecified atom stereocenters. The lowest BCUT2D eigenvalue weighted by Gasteiger charge is -2.30. The van der Waals surface area contributed by atoms with Crippen LogP contribution in [0, 0.1) is 0 Å². The van der Waals surface area contributed by atoms with Gasteiger partial charge in [-0.1, -0.05) is 0 Å². The molecule has 1 aromatic carbocycles. The van der Waals surface area contributed by atoms with Gasteiger partial charge in [0.15, 0.2) is 0 Å². The average molecular weight is 350 g/mol. The van der Waals surface area contributed by atoms with E-state index in [1.807, 2.05) is 37.4 Å².